The highest BCUT2D eigenvalue weighted by atomic mass is 32.2. The lowest BCUT2D eigenvalue weighted by Gasteiger charge is -2.12. The number of hydrogen-bond acceptors (Lipinski definition) is 6. The maximum Gasteiger partial charge on any atom is 0.262 e. The molecular weight excluding hydrogens is 380 g/mol. The zero-order chi connectivity index (χ0) is 19.0. The Kier molecular flexibility index (Phi) is 5.14. The molecule has 0 saturated carbocycles. The number of benzene rings is 1. The van der Waals surface area contributed by atoms with Gasteiger partial charge in [-0.1, -0.05) is 11.8 Å². The first kappa shape index (κ1) is 18.4. The van der Waals surface area contributed by atoms with E-state index in [2.05, 4.69) is 0 Å². The van der Waals surface area contributed by atoms with Crippen molar-refractivity contribution >= 4 is 33.3 Å². The van der Waals surface area contributed by atoms with Gasteiger partial charge in [-0.25, -0.2) is 4.98 Å². The van der Waals surface area contributed by atoms with Crippen molar-refractivity contribution in [1.29, 1.82) is 0 Å². The van der Waals surface area contributed by atoms with Crippen LogP contribution in [0.5, 0.6) is 11.5 Å². The third-order valence-electron chi connectivity index (χ3n) is 5.00. The second-order valence-electron chi connectivity index (χ2n) is 6.62. The van der Waals surface area contributed by atoms with E-state index in [0.29, 0.717) is 5.75 Å². The van der Waals surface area contributed by atoms with Gasteiger partial charge in [0.1, 0.15) is 16.3 Å². The molecule has 2 aromatic heterocycles. The lowest BCUT2D eigenvalue weighted by Crippen LogP contribution is -2.20. The summed E-state index contributed by atoms with van der Waals surface area (Å²) in [7, 11) is 5.12. The molecule has 7 heteroatoms. The summed E-state index contributed by atoms with van der Waals surface area (Å²) in [6.07, 6.45) is 4.44. The Morgan fingerprint density at radius 1 is 1.22 bits per heavy atom. The zero-order valence-electron chi connectivity index (χ0n) is 15.7. The van der Waals surface area contributed by atoms with Crippen molar-refractivity contribution in [1.82, 2.24) is 9.55 Å². The molecule has 142 valence electrons. The molecule has 0 spiro atoms. The Hall–Kier alpha value is -1.99. The summed E-state index contributed by atoms with van der Waals surface area (Å²) < 4.78 is 12.5. The predicted molar refractivity (Wildman–Crippen MR) is 111 cm³/mol. The van der Waals surface area contributed by atoms with Crippen molar-refractivity contribution in [2.45, 2.75) is 36.6 Å². The largest absolute Gasteiger partial charge is 0.497 e. The van der Waals surface area contributed by atoms with E-state index in [1.54, 1.807) is 41.9 Å². The molecule has 3 aromatic rings. The second kappa shape index (κ2) is 7.56. The molecule has 0 unspecified atom stereocenters. The molecule has 1 aliphatic carbocycles. The lowest BCUT2D eigenvalue weighted by atomic mass is 9.97. The predicted octanol–water partition coefficient (Wildman–Crippen LogP) is 4.18. The van der Waals surface area contributed by atoms with Gasteiger partial charge in [-0.2, -0.15) is 0 Å². The van der Waals surface area contributed by atoms with Crippen LogP contribution < -0.4 is 15.0 Å². The van der Waals surface area contributed by atoms with Crippen LogP contribution in [0.25, 0.3) is 10.2 Å². The first-order valence-corrected chi connectivity index (χ1v) is 10.8. The highest BCUT2D eigenvalue weighted by Crippen LogP contribution is 2.35. The summed E-state index contributed by atoms with van der Waals surface area (Å²) in [4.78, 5) is 20.0. The van der Waals surface area contributed by atoms with Gasteiger partial charge in [0.05, 0.1) is 19.6 Å². The van der Waals surface area contributed by atoms with Gasteiger partial charge in [0.2, 0.25) is 0 Å². The fourth-order valence-corrected chi connectivity index (χ4v) is 5.79. The highest BCUT2D eigenvalue weighted by Gasteiger charge is 2.21. The SMILES string of the molecule is COc1ccc(OC)c(CSc2nc3sc4c(c3c(=O)n2C)CCCC4)c1. The van der Waals surface area contributed by atoms with Crippen LogP contribution in [0.15, 0.2) is 28.2 Å². The quantitative estimate of drug-likeness (QED) is 0.473. The van der Waals surface area contributed by atoms with Crippen molar-refractivity contribution in [3.05, 3.63) is 44.6 Å². The van der Waals surface area contributed by atoms with Gasteiger partial charge >= 0.3 is 0 Å². The van der Waals surface area contributed by atoms with Crippen molar-refractivity contribution in [3.63, 3.8) is 0 Å². The highest BCUT2D eigenvalue weighted by molar-refractivity contribution is 7.98. The molecule has 4 rings (SSSR count). The minimum absolute atomic E-state index is 0.0690. The number of thioether (sulfide) groups is 1. The number of rotatable bonds is 5. The van der Waals surface area contributed by atoms with Crippen molar-refractivity contribution in [2.24, 2.45) is 7.05 Å². The van der Waals surface area contributed by atoms with Crippen molar-refractivity contribution in [2.75, 3.05) is 14.2 Å². The van der Waals surface area contributed by atoms with E-state index >= 15 is 0 Å². The maximum atomic E-state index is 13.0. The molecule has 0 N–H and O–H groups in total. The fourth-order valence-electron chi connectivity index (χ4n) is 3.53. The number of fused-ring (bicyclic) bond motifs is 3. The smallest absolute Gasteiger partial charge is 0.262 e. The zero-order valence-corrected chi connectivity index (χ0v) is 17.3. The molecule has 0 radical (unpaired) electrons. The molecule has 27 heavy (non-hydrogen) atoms. The van der Waals surface area contributed by atoms with Crippen LogP contribution in [0.1, 0.15) is 28.8 Å². The van der Waals surface area contributed by atoms with Crippen LogP contribution in [-0.2, 0) is 25.6 Å². The molecule has 2 heterocycles. The normalized spacial score (nSPS) is 13.6. The number of aryl methyl sites for hydroxylation is 2. The van der Waals surface area contributed by atoms with Gasteiger partial charge in [0.25, 0.3) is 5.56 Å². The number of thiophene rings is 1. The van der Waals surface area contributed by atoms with Gasteiger partial charge < -0.3 is 9.47 Å². The Labute approximate surface area is 166 Å². The molecule has 1 aromatic carbocycles. The Morgan fingerprint density at radius 2 is 2.04 bits per heavy atom. The number of ether oxygens (including phenoxy) is 2. The summed E-state index contributed by atoms with van der Waals surface area (Å²) in [6, 6.07) is 5.74. The molecule has 0 atom stereocenters. The van der Waals surface area contributed by atoms with E-state index in [4.69, 9.17) is 14.5 Å². The van der Waals surface area contributed by atoms with Crippen LogP contribution >= 0.6 is 23.1 Å². The average Bonchev–Trinajstić information content (AvgIpc) is 3.07. The van der Waals surface area contributed by atoms with E-state index in [-0.39, 0.29) is 5.56 Å². The topological polar surface area (TPSA) is 53.4 Å². The van der Waals surface area contributed by atoms with Crippen LogP contribution in [0.3, 0.4) is 0 Å². The van der Waals surface area contributed by atoms with E-state index in [0.717, 1.165) is 51.7 Å². The van der Waals surface area contributed by atoms with Crippen LogP contribution in [0, 0.1) is 0 Å². The van der Waals surface area contributed by atoms with Crippen molar-refractivity contribution < 1.29 is 9.47 Å². The standard InChI is InChI=1S/C20H22N2O3S2/c1-22-19(23)17-14-6-4-5-7-16(14)27-18(17)21-20(22)26-11-12-10-13(24-2)8-9-15(12)25-3/h8-10H,4-7,11H2,1-3H3. The minimum Gasteiger partial charge on any atom is -0.497 e. The van der Waals surface area contributed by atoms with Gasteiger partial charge in [-0.15, -0.1) is 11.3 Å². The van der Waals surface area contributed by atoms with Gasteiger partial charge in [-0.05, 0) is 49.4 Å². The van der Waals surface area contributed by atoms with Gasteiger partial charge in [-0.3, -0.25) is 9.36 Å². The van der Waals surface area contributed by atoms with E-state index in [9.17, 15) is 4.79 Å². The summed E-state index contributed by atoms with van der Waals surface area (Å²) in [5.41, 5.74) is 2.32. The van der Waals surface area contributed by atoms with Crippen molar-refractivity contribution in [3.8, 4) is 11.5 Å². The second-order valence-corrected chi connectivity index (χ2v) is 8.64. The van der Waals surface area contributed by atoms with E-state index in [1.807, 2.05) is 25.2 Å². The van der Waals surface area contributed by atoms with Gasteiger partial charge in [0.15, 0.2) is 5.16 Å². The van der Waals surface area contributed by atoms with Crippen LogP contribution in [0.2, 0.25) is 0 Å². The maximum absolute atomic E-state index is 13.0. The summed E-state index contributed by atoms with van der Waals surface area (Å²) in [5.74, 6) is 2.24. The molecule has 1 aliphatic rings. The third-order valence-corrected chi connectivity index (χ3v) is 7.26. The summed E-state index contributed by atoms with van der Waals surface area (Å²) in [5, 5.41) is 1.57. The van der Waals surface area contributed by atoms with E-state index < -0.39 is 0 Å². The molecule has 5 nitrogen and oxygen atoms in total. The molecule has 0 amide bonds. The number of methoxy groups -OCH3 is 2. The van der Waals surface area contributed by atoms with Crippen LogP contribution in [-0.4, -0.2) is 23.8 Å². The Balaban J connectivity index is 1.69. The first-order valence-electron chi connectivity index (χ1n) is 8.97. The minimum atomic E-state index is 0.0690. The first-order chi connectivity index (χ1) is 13.1. The number of nitrogens with zero attached hydrogens (tertiary/aromatic N) is 2. The number of hydrogen-bond donors (Lipinski definition) is 0. The molecule has 0 bridgehead atoms. The number of aromatic nitrogens is 2. The summed E-state index contributed by atoms with van der Waals surface area (Å²) >= 11 is 3.24. The Morgan fingerprint density at radius 3 is 2.81 bits per heavy atom. The third kappa shape index (κ3) is 3.34. The molecular formula is C20H22N2O3S2. The molecule has 0 fully saturated rings. The van der Waals surface area contributed by atoms with Crippen LogP contribution in [0.4, 0.5) is 0 Å². The Bertz CT molecular complexity index is 1060. The monoisotopic (exact) mass is 402 g/mol. The fraction of sp³-hybridized carbons (Fsp3) is 0.400. The molecule has 0 saturated heterocycles. The average molecular weight is 403 g/mol. The lowest BCUT2D eigenvalue weighted by molar-refractivity contribution is 0.400. The molecule has 0 aliphatic heterocycles. The van der Waals surface area contributed by atoms with Gasteiger partial charge in [0, 0.05) is 23.2 Å². The summed E-state index contributed by atoms with van der Waals surface area (Å²) in [6.45, 7) is 0. The van der Waals surface area contributed by atoms with E-state index in [1.165, 1.54) is 16.9 Å².